The van der Waals surface area contributed by atoms with Gasteiger partial charge in [-0.1, -0.05) is 24.1 Å². The van der Waals surface area contributed by atoms with Crippen molar-refractivity contribution < 1.29 is 24.2 Å². The van der Waals surface area contributed by atoms with Crippen LogP contribution in [0.5, 0.6) is 11.5 Å². The van der Waals surface area contributed by atoms with E-state index in [9.17, 15) is 14.7 Å². The molecule has 1 aliphatic heterocycles. The molecule has 2 aromatic rings. The summed E-state index contributed by atoms with van der Waals surface area (Å²) in [6.45, 7) is 2.38. The number of benzene rings is 2. The van der Waals surface area contributed by atoms with E-state index in [1.54, 1.807) is 36.4 Å². The number of aromatic carboxylic acids is 1. The second-order valence-corrected chi connectivity index (χ2v) is 7.30. The predicted octanol–water partition coefficient (Wildman–Crippen LogP) is 2.69. The molecule has 0 aromatic heterocycles. The first-order valence-corrected chi connectivity index (χ1v) is 10.1. The van der Waals surface area contributed by atoms with Gasteiger partial charge in [-0.3, -0.25) is 9.69 Å². The largest absolute Gasteiger partial charge is 0.545 e. The van der Waals surface area contributed by atoms with Gasteiger partial charge < -0.3 is 19.4 Å². The maximum atomic E-state index is 12.9. The smallest absolute Gasteiger partial charge is 0.266 e. The van der Waals surface area contributed by atoms with Crippen LogP contribution < -0.4 is 14.6 Å². The molecule has 0 aliphatic carbocycles. The van der Waals surface area contributed by atoms with Crippen LogP contribution in [0.25, 0.3) is 6.08 Å². The minimum absolute atomic E-state index is 0.0224. The van der Waals surface area contributed by atoms with Gasteiger partial charge in [-0.25, -0.2) is 4.99 Å². The minimum atomic E-state index is -1.28. The maximum absolute atomic E-state index is 12.9. The summed E-state index contributed by atoms with van der Waals surface area (Å²) in [5.41, 5.74) is 1.19. The summed E-state index contributed by atoms with van der Waals surface area (Å²) in [5, 5.41) is 11.6. The lowest BCUT2D eigenvalue weighted by atomic mass is 10.2. The number of hydrogen-bond donors (Lipinski definition) is 0. The molecule has 0 unspecified atom stereocenters. The first-order chi connectivity index (χ1) is 15.0. The molecule has 1 heterocycles. The molecule has 1 fully saturated rings. The highest BCUT2D eigenvalue weighted by molar-refractivity contribution is 8.18. The van der Waals surface area contributed by atoms with Crippen LogP contribution in [0.4, 0.5) is 5.69 Å². The molecular weight excluding hydrogens is 416 g/mol. The summed E-state index contributed by atoms with van der Waals surface area (Å²) in [6, 6.07) is 11.4. The molecule has 0 bridgehead atoms. The highest BCUT2D eigenvalue weighted by Crippen LogP contribution is 2.35. The van der Waals surface area contributed by atoms with Crippen molar-refractivity contribution in [3.05, 3.63) is 58.5 Å². The number of amidine groups is 1. The Hall–Kier alpha value is -3.70. The van der Waals surface area contributed by atoms with Gasteiger partial charge in [0.15, 0.2) is 16.7 Å². The number of amides is 1. The van der Waals surface area contributed by atoms with Crippen molar-refractivity contribution >= 4 is 40.6 Å². The van der Waals surface area contributed by atoms with Crippen LogP contribution in [0.15, 0.2) is 52.4 Å². The molecule has 0 atom stereocenters. The summed E-state index contributed by atoms with van der Waals surface area (Å²) < 4.78 is 10.8. The van der Waals surface area contributed by atoms with Crippen LogP contribution >= 0.6 is 11.8 Å². The normalized spacial score (nSPS) is 15.9. The fourth-order valence-electron chi connectivity index (χ4n) is 2.85. The number of carboxylic acids is 1. The molecular formula is C23H19N2O5S-. The minimum Gasteiger partial charge on any atom is -0.545 e. The lowest BCUT2D eigenvalue weighted by Gasteiger charge is -2.12. The molecule has 3 rings (SSSR count). The van der Waals surface area contributed by atoms with E-state index in [0.29, 0.717) is 33.8 Å². The third-order valence-electron chi connectivity index (χ3n) is 4.31. The van der Waals surface area contributed by atoms with Crippen molar-refractivity contribution in [2.45, 2.75) is 6.92 Å². The first kappa shape index (κ1) is 22.0. The van der Waals surface area contributed by atoms with E-state index in [2.05, 4.69) is 10.9 Å². The summed E-state index contributed by atoms with van der Waals surface area (Å²) in [6.07, 6.45) is 6.97. The molecule has 1 amide bonds. The highest BCUT2D eigenvalue weighted by Gasteiger charge is 2.32. The van der Waals surface area contributed by atoms with E-state index >= 15 is 0 Å². The quantitative estimate of drug-likeness (QED) is 0.491. The Bertz CT molecular complexity index is 1120. The molecule has 0 spiro atoms. The molecule has 0 radical (unpaired) electrons. The summed E-state index contributed by atoms with van der Waals surface area (Å²) in [5.74, 6) is 1.94. The number of likely N-dealkylation sites (N-methyl/N-ethyl adjacent to an activating group) is 1. The number of methoxy groups -OCH3 is 1. The topological polar surface area (TPSA) is 91.3 Å². The average molecular weight is 435 g/mol. The van der Waals surface area contributed by atoms with Gasteiger partial charge in [-0.15, -0.1) is 6.42 Å². The number of aliphatic imine (C=N–C) groups is 1. The standard InChI is InChI=1S/C23H20N2O5S/c1-4-11-30-18-10-9-15(12-19(18)29-3)13-20-21(26)25(5-2)23(31-20)24-17-8-6-7-16(14-17)22(27)28/h1,6-10,12-14H,5,11H2,2-3H3,(H,27,28)/p-1/b20-13-,24-23?. The van der Waals surface area contributed by atoms with Crippen molar-refractivity contribution in [1.82, 2.24) is 4.90 Å². The Labute approximate surface area is 184 Å². The van der Waals surface area contributed by atoms with Gasteiger partial charge in [0.05, 0.1) is 23.7 Å². The van der Waals surface area contributed by atoms with Gasteiger partial charge in [0.25, 0.3) is 5.91 Å². The number of carboxylic acid groups (broad SMARTS) is 1. The molecule has 2 aromatic carbocycles. The Morgan fingerprint density at radius 2 is 2.10 bits per heavy atom. The second kappa shape index (κ2) is 9.87. The molecule has 7 nitrogen and oxygen atoms in total. The summed E-state index contributed by atoms with van der Waals surface area (Å²) >= 11 is 1.21. The van der Waals surface area contributed by atoms with E-state index in [1.165, 1.54) is 35.9 Å². The average Bonchev–Trinajstić information content (AvgIpc) is 3.06. The van der Waals surface area contributed by atoms with Crippen molar-refractivity contribution in [2.75, 3.05) is 20.3 Å². The van der Waals surface area contributed by atoms with Gasteiger partial charge in [0, 0.05) is 6.54 Å². The lowest BCUT2D eigenvalue weighted by Crippen LogP contribution is -2.28. The zero-order valence-electron chi connectivity index (χ0n) is 17.0. The number of carbonyl (C=O) groups is 2. The SMILES string of the molecule is C#CCOc1ccc(/C=C2\SC(=Nc3cccc(C(=O)[O-])c3)N(CC)C2=O)cc1OC. The van der Waals surface area contributed by atoms with E-state index in [1.807, 2.05) is 6.92 Å². The van der Waals surface area contributed by atoms with Gasteiger partial charge in [0.1, 0.15) is 6.61 Å². The summed E-state index contributed by atoms with van der Waals surface area (Å²) in [7, 11) is 1.52. The number of rotatable bonds is 7. The van der Waals surface area contributed by atoms with Crippen molar-refractivity contribution in [1.29, 1.82) is 0 Å². The zero-order chi connectivity index (χ0) is 22.4. The van der Waals surface area contributed by atoms with Gasteiger partial charge in [-0.05, 0) is 60.2 Å². The fourth-order valence-corrected chi connectivity index (χ4v) is 3.91. The summed E-state index contributed by atoms with van der Waals surface area (Å²) in [4.78, 5) is 30.4. The highest BCUT2D eigenvalue weighted by atomic mass is 32.2. The van der Waals surface area contributed by atoms with Crippen LogP contribution in [0.3, 0.4) is 0 Å². The van der Waals surface area contributed by atoms with E-state index in [-0.39, 0.29) is 18.1 Å². The predicted molar refractivity (Wildman–Crippen MR) is 118 cm³/mol. The van der Waals surface area contributed by atoms with Gasteiger partial charge >= 0.3 is 0 Å². The molecule has 8 heteroatoms. The molecule has 158 valence electrons. The van der Waals surface area contributed by atoms with Gasteiger partial charge in [-0.2, -0.15) is 0 Å². The third-order valence-corrected chi connectivity index (χ3v) is 5.31. The van der Waals surface area contributed by atoms with Crippen molar-refractivity contribution in [3.63, 3.8) is 0 Å². The number of carbonyl (C=O) groups excluding carboxylic acids is 2. The zero-order valence-corrected chi connectivity index (χ0v) is 17.8. The van der Waals surface area contributed by atoms with Crippen LogP contribution in [-0.2, 0) is 4.79 Å². The molecule has 1 aliphatic rings. The fraction of sp³-hybridized carbons (Fsp3) is 0.174. The van der Waals surface area contributed by atoms with E-state index in [0.717, 1.165) is 5.56 Å². The molecule has 0 saturated carbocycles. The molecule has 31 heavy (non-hydrogen) atoms. The number of terminal acetylenes is 1. The lowest BCUT2D eigenvalue weighted by molar-refractivity contribution is -0.255. The number of hydrogen-bond acceptors (Lipinski definition) is 7. The third kappa shape index (κ3) is 5.08. The van der Waals surface area contributed by atoms with E-state index in [4.69, 9.17) is 15.9 Å². The number of ether oxygens (including phenoxy) is 2. The van der Waals surface area contributed by atoms with Crippen molar-refractivity contribution in [3.8, 4) is 23.8 Å². The Balaban J connectivity index is 1.91. The van der Waals surface area contributed by atoms with E-state index < -0.39 is 5.97 Å². The Morgan fingerprint density at radius 3 is 2.77 bits per heavy atom. The monoisotopic (exact) mass is 435 g/mol. The van der Waals surface area contributed by atoms with Crippen molar-refractivity contribution in [2.24, 2.45) is 4.99 Å². The first-order valence-electron chi connectivity index (χ1n) is 9.32. The Kier molecular flexibility index (Phi) is 7.00. The van der Waals surface area contributed by atoms with Crippen LogP contribution in [-0.4, -0.2) is 42.2 Å². The Morgan fingerprint density at radius 1 is 1.29 bits per heavy atom. The number of thioether (sulfide) groups is 1. The maximum Gasteiger partial charge on any atom is 0.266 e. The second-order valence-electron chi connectivity index (χ2n) is 6.30. The van der Waals surface area contributed by atoms with Crippen LogP contribution in [0.1, 0.15) is 22.8 Å². The number of nitrogens with zero attached hydrogens (tertiary/aromatic N) is 2. The molecule has 0 N–H and O–H groups in total. The van der Waals surface area contributed by atoms with Crippen LogP contribution in [0.2, 0.25) is 0 Å². The van der Waals surface area contributed by atoms with Gasteiger partial charge in [0.2, 0.25) is 0 Å². The van der Waals surface area contributed by atoms with Crippen LogP contribution in [0, 0.1) is 12.3 Å². The molecule has 1 saturated heterocycles.